The Balaban J connectivity index is 2.04. The van der Waals surface area contributed by atoms with E-state index in [-0.39, 0.29) is 23.3 Å². The molecule has 0 spiro atoms. The number of rotatable bonds is 10. The van der Waals surface area contributed by atoms with Gasteiger partial charge in [-0.3, -0.25) is 13.9 Å². The summed E-state index contributed by atoms with van der Waals surface area (Å²) in [6.07, 6.45) is 0. The van der Waals surface area contributed by atoms with E-state index in [1.54, 1.807) is 43.3 Å². The summed E-state index contributed by atoms with van der Waals surface area (Å²) in [5, 5.41) is 2.60. The summed E-state index contributed by atoms with van der Waals surface area (Å²) >= 11 is 0. The van der Waals surface area contributed by atoms with Crippen LogP contribution in [-0.4, -0.2) is 44.8 Å². The summed E-state index contributed by atoms with van der Waals surface area (Å²) in [4.78, 5) is 27.9. The fraction of sp³-hybridized carbons (Fsp3) is 0.333. The molecule has 38 heavy (non-hydrogen) atoms. The van der Waals surface area contributed by atoms with Gasteiger partial charge in [0.25, 0.3) is 10.0 Å². The Morgan fingerprint density at radius 3 is 2.05 bits per heavy atom. The second-order valence-electron chi connectivity index (χ2n) is 9.87. The second kappa shape index (κ2) is 12.3. The zero-order valence-electron chi connectivity index (χ0n) is 22.9. The lowest BCUT2D eigenvalue weighted by Gasteiger charge is -2.32. The molecule has 2 amide bonds. The molecule has 1 atom stereocenters. The van der Waals surface area contributed by atoms with Gasteiger partial charge in [0.05, 0.1) is 10.6 Å². The first kappa shape index (κ1) is 28.9. The van der Waals surface area contributed by atoms with Crippen LogP contribution < -0.4 is 9.62 Å². The Hall–Kier alpha value is -3.65. The number of likely N-dealkylation sites (N-methyl/N-ethyl adjacent to an activating group) is 1. The molecule has 0 saturated carbocycles. The highest BCUT2D eigenvalue weighted by Crippen LogP contribution is 2.27. The number of benzene rings is 3. The fourth-order valence-electron chi connectivity index (χ4n) is 4.19. The lowest BCUT2D eigenvalue weighted by Crippen LogP contribution is -2.50. The van der Waals surface area contributed by atoms with Gasteiger partial charge in [0.1, 0.15) is 12.6 Å². The third-order valence-corrected chi connectivity index (χ3v) is 8.37. The molecule has 0 aliphatic carbocycles. The number of aryl methyl sites for hydroxylation is 2. The minimum atomic E-state index is -4.08. The number of nitrogens with zero attached hydrogens (tertiary/aromatic N) is 2. The van der Waals surface area contributed by atoms with Crippen molar-refractivity contribution in [3.8, 4) is 0 Å². The number of sulfonamides is 1. The second-order valence-corrected chi connectivity index (χ2v) is 11.7. The largest absolute Gasteiger partial charge is 0.357 e. The molecule has 8 heteroatoms. The molecule has 3 rings (SSSR count). The van der Waals surface area contributed by atoms with E-state index in [9.17, 15) is 18.0 Å². The Morgan fingerprint density at radius 2 is 1.50 bits per heavy atom. The van der Waals surface area contributed by atoms with E-state index in [1.807, 2.05) is 50.2 Å². The number of nitrogens with one attached hydrogen (secondary N) is 1. The predicted molar refractivity (Wildman–Crippen MR) is 151 cm³/mol. The maximum absolute atomic E-state index is 13.9. The average molecular weight is 536 g/mol. The summed E-state index contributed by atoms with van der Waals surface area (Å²) in [5.41, 5.74) is 4.24. The van der Waals surface area contributed by atoms with Crippen molar-refractivity contribution in [2.75, 3.05) is 17.9 Å². The molecule has 0 bridgehead atoms. The van der Waals surface area contributed by atoms with Crippen molar-refractivity contribution in [1.29, 1.82) is 0 Å². The number of carbonyl (C=O) groups is 2. The Morgan fingerprint density at radius 1 is 0.868 bits per heavy atom. The maximum atomic E-state index is 13.9. The number of anilines is 1. The first-order chi connectivity index (χ1) is 17.9. The van der Waals surface area contributed by atoms with E-state index in [2.05, 4.69) is 19.2 Å². The Kier molecular flexibility index (Phi) is 9.33. The number of carbonyl (C=O) groups excluding carboxylic acids is 2. The molecule has 0 aromatic heterocycles. The molecule has 0 fully saturated rings. The van der Waals surface area contributed by atoms with Gasteiger partial charge < -0.3 is 10.2 Å². The van der Waals surface area contributed by atoms with Crippen LogP contribution in [0.2, 0.25) is 0 Å². The van der Waals surface area contributed by atoms with Gasteiger partial charge in [0.15, 0.2) is 0 Å². The third-order valence-electron chi connectivity index (χ3n) is 6.58. The number of hydrogen-bond acceptors (Lipinski definition) is 4. The van der Waals surface area contributed by atoms with Crippen molar-refractivity contribution in [3.05, 3.63) is 95.1 Å². The van der Waals surface area contributed by atoms with E-state index in [4.69, 9.17) is 0 Å². The molecule has 0 unspecified atom stereocenters. The van der Waals surface area contributed by atoms with Gasteiger partial charge in [-0.1, -0.05) is 73.5 Å². The van der Waals surface area contributed by atoms with Crippen molar-refractivity contribution in [3.63, 3.8) is 0 Å². The summed E-state index contributed by atoms with van der Waals surface area (Å²) in [6, 6.07) is 20.6. The monoisotopic (exact) mass is 535 g/mol. The van der Waals surface area contributed by atoms with Crippen LogP contribution in [0.5, 0.6) is 0 Å². The average Bonchev–Trinajstić information content (AvgIpc) is 2.89. The van der Waals surface area contributed by atoms with Crippen LogP contribution in [0.1, 0.15) is 48.9 Å². The van der Waals surface area contributed by atoms with Gasteiger partial charge in [-0.25, -0.2) is 8.42 Å². The van der Waals surface area contributed by atoms with Gasteiger partial charge in [0, 0.05) is 13.6 Å². The van der Waals surface area contributed by atoms with Gasteiger partial charge in [-0.15, -0.1) is 0 Å². The van der Waals surface area contributed by atoms with E-state index >= 15 is 0 Å². The van der Waals surface area contributed by atoms with Crippen LogP contribution in [0.25, 0.3) is 0 Å². The molecule has 3 aromatic carbocycles. The molecule has 3 aromatic rings. The molecule has 1 N–H and O–H groups in total. The zero-order valence-corrected chi connectivity index (χ0v) is 23.7. The fourth-order valence-corrected chi connectivity index (χ4v) is 5.60. The minimum absolute atomic E-state index is 0.0911. The van der Waals surface area contributed by atoms with Crippen LogP contribution >= 0.6 is 0 Å². The molecule has 0 heterocycles. The van der Waals surface area contributed by atoms with Crippen LogP contribution in [-0.2, 0) is 26.2 Å². The maximum Gasteiger partial charge on any atom is 0.264 e. The summed E-state index contributed by atoms with van der Waals surface area (Å²) in [5.74, 6) is -0.544. The highest BCUT2D eigenvalue weighted by molar-refractivity contribution is 7.92. The van der Waals surface area contributed by atoms with Crippen molar-refractivity contribution < 1.29 is 18.0 Å². The SMILES string of the molecule is CNC(=O)[C@@H](C)N(Cc1cccc(C)c1)C(=O)CN(c1ccc(C(C)C)cc1)S(=O)(=O)c1ccc(C)cc1. The van der Waals surface area contributed by atoms with E-state index in [1.165, 1.54) is 11.9 Å². The van der Waals surface area contributed by atoms with Crippen molar-refractivity contribution in [2.24, 2.45) is 0 Å². The molecular formula is C30H37N3O4S. The molecule has 202 valence electrons. The Bertz CT molecular complexity index is 1370. The first-order valence-corrected chi connectivity index (χ1v) is 14.1. The quantitative estimate of drug-likeness (QED) is 0.405. The predicted octanol–water partition coefficient (Wildman–Crippen LogP) is 4.79. The Labute approximate surface area is 226 Å². The van der Waals surface area contributed by atoms with Gasteiger partial charge in [0.2, 0.25) is 11.8 Å². The molecule has 0 radical (unpaired) electrons. The standard InChI is InChI=1S/C30H37N3O4S/c1-21(2)26-12-14-27(15-13-26)33(38(36,37)28-16-10-22(3)11-17-28)20-29(34)32(24(5)30(35)31-6)19-25-9-7-8-23(4)18-25/h7-18,21,24H,19-20H2,1-6H3,(H,31,35)/t24-/m1/s1. The van der Waals surface area contributed by atoms with Gasteiger partial charge in [-0.2, -0.15) is 0 Å². The smallest absolute Gasteiger partial charge is 0.264 e. The summed E-state index contributed by atoms with van der Waals surface area (Å²) < 4.78 is 28.8. The van der Waals surface area contributed by atoms with Gasteiger partial charge >= 0.3 is 0 Å². The first-order valence-electron chi connectivity index (χ1n) is 12.7. The van der Waals surface area contributed by atoms with Crippen LogP contribution in [0.3, 0.4) is 0 Å². The normalized spacial score (nSPS) is 12.2. The number of hydrogen-bond donors (Lipinski definition) is 1. The molecule has 0 saturated heterocycles. The van der Waals surface area contributed by atoms with Gasteiger partial charge in [-0.05, 0) is 62.1 Å². The third kappa shape index (κ3) is 6.81. The highest BCUT2D eigenvalue weighted by atomic mass is 32.2. The van der Waals surface area contributed by atoms with E-state index in [0.717, 1.165) is 26.6 Å². The number of amides is 2. The molecule has 0 aliphatic heterocycles. The lowest BCUT2D eigenvalue weighted by atomic mass is 10.0. The van der Waals surface area contributed by atoms with Crippen molar-refractivity contribution >= 4 is 27.5 Å². The topological polar surface area (TPSA) is 86.8 Å². The van der Waals surface area contributed by atoms with Crippen LogP contribution in [0.15, 0.2) is 77.7 Å². The molecule has 7 nitrogen and oxygen atoms in total. The van der Waals surface area contributed by atoms with Crippen molar-refractivity contribution in [1.82, 2.24) is 10.2 Å². The van der Waals surface area contributed by atoms with Crippen molar-refractivity contribution in [2.45, 2.75) is 58.0 Å². The molecular weight excluding hydrogens is 498 g/mol. The van der Waals surface area contributed by atoms with Crippen LogP contribution in [0, 0.1) is 13.8 Å². The molecule has 0 aliphatic rings. The zero-order chi connectivity index (χ0) is 28.0. The summed E-state index contributed by atoms with van der Waals surface area (Å²) in [6.45, 7) is 9.30. The van der Waals surface area contributed by atoms with Crippen LogP contribution in [0.4, 0.5) is 5.69 Å². The highest BCUT2D eigenvalue weighted by Gasteiger charge is 2.32. The lowest BCUT2D eigenvalue weighted by molar-refractivity contribution is -0.139. The summed E-state index contributed by atoms with van der Waals surface area (Å²) in [7, 11) is -2.57. The van der Waals surface area contributed by atoms with E-state index < -0.39 is 28.5 Å². The minimum Gasteiger partial charge on any atom is -0.357 e. The van der Waals surface area contributed by atoms with E-state index in [0.29, 0.717) is 5.69 Å².